The number of pyridine rings is 1. The molecule has 1 aromatic carbocycles. The van der Waals surface area contributed by atoms with Crippen molar-refractivity contribution in [3.8, 4) is 11.1 Å². The Labute approximate surface area is 118 Å². The fourth-order valence-corrected chi connectivity index (χ4v) is 2.38. The summed E-state index contributed by atoms with van der Waals surface area (Å²) in [4.78, 5) is 21.5. The summed E-state index contributed by atoms with van der Waals surface area (Å²) in [5.41, 5.74) is 0.189. The van der Waals surface area contributed by atoms with Gasteiger partial charge in [0, 0.05) is 11.8 Å². The Hall–Kier alpha value is -1.69. The Bertz CT molecular complexity index is 680. The van der Waals surface area contributed by atoms with Crippen LogP contribution < -0.4 is 0 Å². The van der Waals surface area contributed by atoms with Crippen LogP contribution in [0, 0.1) is 0 Å². The van der Waals surface area contributed by atoms with Crippen molar-refractivity contribution in [3.63, 3.8) is 0 Å². The van der Waals surface area contributed by atoms with Crippen LogP contribution in [0.15, 0.2) is 42.6 Å². The van der Waals surface area contributed by atoms with Crippen LogP contribution in [-0.4, -0.2) is 14.8 Å². The number of aromatic nitrogens is 1. The van der Waals surface area contributed by atoms with Gasteiger partial charge in [-0.15, -0.1) is 0 Å². The van der Waals surface area contributed by atoms with E-state index in [0.717, 1.165) is 12.1 Å². The molecule has 0 unspecified atom stereocenters. The van der Waals surface area contributed by atoms with Gasteiger partial charge in [0.05, 0.1) is 17.4 Å². The zero-order valence-corrected chi connectivity index (χ0v) is 11.5. The standard InChI is InChI=1S/C13H11F3NO3P/c14-13(15,16)11-3-1-2-9(6-11)10-4-5-12(17-7-10)8-21(18,19)20/h1-7H,8H2,(H2,18,19,20). The summed E-state index contributed by atoms with van der Waals surface area (Å²) in [7, 11) is -4.22. The van der Waals surface area contributed by atoms with E-state index in [9.17, 15) is 17.7 Å². The molecular formula is C13H11F3NO3P. The van der Waals surface area contributed by atoms with Gasteiger partial charge >= 0.3 is 13.8 Å². The first-order valence-corrected chi connectivity index (χ1v) is 7.62. The molecule has 0 spiro atoms. The molecule has 0 atom stereocenters. The van der Waals surface area contributed by atoms with E-state index < -0.39 is 25.5 Å². The molecular weight excluding hydrogens is 306 g/mol. The maximum Gasteiger partial charge on any atom is 0.416 e. The lowest BCUT2D eigenvalue weighted by Gasteiger charge is -2.09. The molecule has 0 saturated heterocycles. The van der Waals surface area contributed by atoms with Crippen LogP contribution in [0.5, 0.6) is 0 Å². The average molecular weight is 317 g/mol. The molecule has 112 valence electrons. The number of hydrogen-bond acceptors (Lipinski definition) is 2. The number of benzene rings is 1. The van der Waals surface area contributed by atoms with E-state index in [1.54, 1.807) is 0 Å². The average Bonchev–Trinajstić information content (AvgIpc) is 2.37. The number of halogens is 3. The second-order valence-corrected chi connectivity index (χ2v) is 6.09. The summed E-state index contributed by atoms with van der Waals surface area (Å²) in [5, 5.41) is 0. The first kappa shape index (κ1) is 15.7. The third-order valence-corrected chi connectivity index (χ3v) is 3.45. The molecule has 1 heterocycles. The van der Waals surface area contributed by atoms with Crippen molar-refractivity contribution >= 4 is 7.60 Å². The highest BCUT2D eigenvalue weighted by Crippen LogP contribution is 2.38. The molecule has 1 aromatic heterocycles. The number of alkyl halides is 3. The van der Waals surface area contributed by atoms with Gasteiger partial charge in [-0.05, 0) is 23.8 Å². The van der Waals surface area contributed by atoms with Crippen molar-refractivity contribution in [2.75, 3.05) is 0 Å². The normalized spacial score (nSPS) is 12.4. The van der Waals surface area contributed by atoms with Gasteiger partial charge in [-0.2, -0.15) is 13.2 Å². The quantitative estimate of drug-likeness (QED) is 0.851. The minimum atomic E-state index is -4.43. The molecule has 0 fully saturated rings. The van der Waals surface area contributed by atoms with E-state index in [1.165, 1.54) is 30.5 Å². The molecule has 0 aliphatic rings. The Morgan fingerprint density at radius 1 is 1.10 bits per heavy atom. The smallest absolute Gasteiger partial charge is 0.324 e. The topological polar surface area (TPSA) is 70.4 Å². The highest BCUT2D eigenvalue weighted by Gasteiger charge is 2.30. The van der Waals surface area contributed by atoms with Gasteiger partial charge < -0.3 is 9.79 Å². The molecule has 0 saturated carbocycles. The van der Waals surface area contributed by atoms with Crippen molar-refractivity contribution in [3.05, 3.63) is 53.9 Å². The van der Waals surface area contributed by atoms with Crippen molar-refractivity contribution < 1.29 is 27.5 Å². The molecule has 21 heavy (non-hydrogen) atoms. The summed E-state index contributed by atoms with van der Waals surface area (Å²) < 4.78 is 48.7. The Balaban J connectivity index is 2.29. The molecule has 0 aliphatic carbocycles. The van der Waals surface area contributed by atoms with Gasteiger partial charge in [-0.3, -0.25) is 9.55 Å². The molecule has 2 rings (SSSR count). The predicted octanol–water partition coefficient (Wildman–Crippen LogP) is 3.45. The van der Waals surface area contributed by atoms with E-state index in [-0.39, 0.29) is 5.69 Å². The highest BCUT2D eigenvalue weighted by molar-refractivity contribution is 7.50. The molecule has 2 N–H and O–H groups in total. The fraction of sp³-hybridized carbons (Fsp3) is 0.154. The van der Waals surface area contributed by atoms with Gasteiger partial charge in [-0.1, -0.05) is 18.2 Å². The summed E-state index contributed by atoms with van der Waals surface area (Å²) in [6.07, 6.45) is -3.64. The first-order chi connectivity index (χ1) is 9.65. The van der Waals surface area contributed by atoms with E-state index >= 15 is 0 Å². The maximum atomic E-state index is 12.6. The van der Waals surface area contributed by atoms with Crippen molar-refractivity contribution in [1.29, 1.82) is 0 Å². The van der Waals surface area contributed by atoms with E-state index in [2.05, 4.69) is 4.98 Å². The van der Waals surface area contributed by atoms with E-state index in [4.69, 9.17) is 9.79 Å². The fourth-order valence-electron chi connectivity index (χ4n) is 1.77. The van der Waals surface area contributed by atoms with Gasteiger partial charge in [0.25, 0.3) is 0 Å². The first-order valence-electron chi connectivity index (χ1n) is 5.82. The van der Waals surface area contributed by atoms with Crippen LogP contribution in [0.4, 0.5) is 13.2 Å². The third kappa shape index (κ3) is 4.39. The number of hydrogen-bond donors (Lipinski definition) is 2. The second-order valence-electron chi connectivity index (χ2n) is 4.44. The molecule has 8 heteroatoms. The van der Waals surface area contributed by atoms with Crippen molar-refractivity contribution in [2.24, 2.45) is 0 Å². The van der Waals surface area contributed by atoms with Crippen molar-refractivity contribution in [2.45, 2.75) is 12.3 Å². The summed E-state index contributed by atoms with van der Waals surface area (Å²) in [6.45, 7) is 0. The molecule has 0 aliphatic heterocycles. The predicted molar refractivity (Wildman–Crippen MR) is 70.4 cm³/mol. The summed E-state index contributed by atoms with van der Waals surface area (Å²) >= 11 is 0. The Kier molecular flexibility index (Phi) is 4.18. The van der Waals surface area contributed by atoms with Crippen LogP contribution in [0.25, 0.3) is 11.1 Å². The van der Waals surface area contributed by atoms with Crippen molar-refractivity contribution in [1.82, 2.24) is 4.98 Å². The monoisotopic (exact) mass is 317 g/mol. The second kappa shape index (κ2) is 5.60. The van der Waals surface area contributed by atoms with Crippen LogP contribution in [-0.2, 0) is 16.9 Å². The lowest BCUT2D eigenvalue weighted by molar-refractivity contribution is -0.137. The number of rotatable bonds is 3. The van der Waals surface area contributed by atoms with Gasteiger partial charge in [-0.25, -0.2) is 0 Å². The van der Waals surface area contributed by atoms with Crippen LogP contribution >= 0.6 is 7.60 Å². The highest BCUT2D eigenvalue weighted by atomic mass is 31.2. The Morgan fingerprint density at radius 3 is 2.33 bits per heavy atom. The minimum Gasteiger partial charge on any atom is -0.324 e. The van der Waals surface area contributed by atoms with Crippen LogP contribution in [0.2, 0.25) is 0 Å². The third-order valence-electron chi connectivity index (χ3n) is 2.72. The van der Waals surface area contributed by atoms with E-state index in [1.807, 2.05) is 0 Å². The maximum absolute atomic E-state index is 12.6. The molecule has 4 nitrogen and oxygen atoms in total. The number of nitrogens with zero attached hydrogens (tertiary/aromatic N) is 1. The van der Waals surface area contributed by atoms with Gasteiger partial charge in [0.1, 0.15) is 0 Å². The largest absolute Gasteiger partial charge is 0.416 e. The lowest BCUT2D eigenvalue weighted by atomic mass is 10.0. The zero-order chi connectivity index (χ0) is 15.7. The van der Waals surface area contributed by atoms with Gasteiger partial charge in [0.15, 0.2) is 0 Å². The van der Waals surface area contributed by atoms with E-state index in [0.29, 0.717) is 11.1 Å². The van der Waals surface area contributed by atoms with Crippen LogP contribution in [0.1, 0.15) is 11.3 Å². The summed E-state index contributed by atoms with van der Waals surface area (Å²) in [5.74, 6) is 0. The molecule has 0 bridgehead atoms. The molecule has 2 aromatic rings. The van der Waals surface area contributed by atoms with Crippen LogP contribution in [0.3, 0.4) is 0 Å². The minimum absolute atomic E-state index is 0.180. The SMILES string of the molecule is O=P(O)(O)Cc1ccc(-c2cccc(C(F)(F)F)c2)cn1. The Morgan fingerprint density at radius 2 is 1.81 bits per heavy atom. The molecule has 0 radical (unpaired) electrons. The van der Waals surface area contributed by atoms with Gasteiger partial charge in [0.2, 0.25) is 0 Å². The lowest BCUT2D eigenvalue weighted by Crippen LogP contribution is -2.04. The zero-order valence-electron chi connectivity index (χ0n) is 10.6. The summed E-state index contributed by atoms with van der Waals surface area (Å²) in [6, 6.07) is 7.64. The molecule has 0 amide bonds.